The van der Waals surface area contributed by atoms with Gasteiger partial charge in [-0.1, -0.05) is 31.9 Å². The smallest absolute Gasteiger partial charge is 0.308 e. The monoisotopic (exact) mass is 432 g/mol. The molecule has 0 aromatic heterocycles. The van der Waals surface area contributed by atoms with Crippen molar-refractivity contribution in [3.05, 3.63) is 23.3 Å². The molecule has 0 heterocycles. The van der Waals surface area contributed by atoms with Gasteiger partial charge in [0, 0.05) is 19.4 Å². The lowest BCUT2D eigenvalue weighted by Crippen LogP contribution is -2.24. The second-order valence-corrected chi connectivity index (χ2v) is 8.80. The van der Waals surface area contributed by atoms with Gasteiger partial charge in [-0.3, -0.25) is 14.4 Å². The highest BCUT2D eigenvalue weighted by atomic mass is 79.9. The lowest BCUT2D eigenvalue weighted by molar-refractivity contribution is -0.134. The summed E-state index contributed by atoms with van der Waals surface area (Å²) in [6.45, 7) is 2.50. The summed E-state index contributed by atoms with van der Waals surface area (Å²) in [5.41, 5.74) is 1.20. The van der Waals surface area contributed by atoms with Crippen LogP contribution >= 0.6 is 31.9 Å². The maximum Gasteiger partial charge on any atom is 0.308 e. The van der Waals surface area contributed by atoms with Crippen LogP contribution in [0.4, 0.5) is 0 Å². The first kappa shape index (κ1) is 17.1. The summed E-state index contributed by atoms with van der Waals surface area (Å²) in [4.78, 5) is 35.0. The summed E-state index contributed by atoms with van der Waals surface area (Å²) < 4.78 is 9.33. The Morgan fingerprint density at radius 3 is 2.18 bits per heavy atom. The fraction of sp³-hybridized carbons (Fsp3) is 0.400. The standard InChI is InChI=1S/C15H14Br2O5/c1-8(18)21-12-6-10-4-3-5-15(16,17)14(20)11(10)7-13(12)22-9(2)19/h6-7H,3-5H2,1-2H3. The highest BCUT2D eigenvalue weighted by Gasteiger charge is 2.37. The molecule has 2 rings (SSSR count). The lowest BCUT2D eigenvalue weighted by Gasteiger charge is -2.17. The van der Waals surface area contributed by atoms with E-state index in [1.54, 1.807) is 6.07 Å². The Labute approximate surface area is 144 Å². The minimum absolute atomic E-state index is 0.0625. The van der Waals surface area contributed by atoms with E-state index in [-0.39, 0.29) is 17.3 Å². The number of halogens is 2. The number of alkyl halides is 2. The van der Waals surface area contributed by atoms with Crippen molar-refractivity contribution in [2.45, 2.75) is 36.3 Å². The first-order valence-corrected chi connectivity index (χ1v) is 8.25. The SMILES string of the molecule is CC(=O)Oc1cc2c(cc1OC(C)=O)C(=O)C(Br)(Br)CCC2. The molecular weight excluding hydrogens is 420 g/mol. The van der Waals surface area contributed by atoms with Crippen molar-refractivity contribution in [2.24, 2.45) is 0 Å². The lowest BCUT2D eigenvalue weighted by atomic mass is 10.0. The summed E-state index contributed by atoms with van der Waals surface area (Å²) in [5.74, 6) is -1.02. The molecule has 0 saturated carbocycles. The molecule has 0 unspecified atom stereocenters. The van der Waals surface area contributed by atoms with E-state index in [0.29, 0.717) is 18.4 Å². The minimum atomic E-state index is -0.832. The fourth-order valence-corrected chi connectivity index (χ4v) is 3.29. The topological polar surface area (TPSA) is 69.7 Å². The van der Waals surface area contributed by atoms with Crippen molar-refractivity contribution in [1.82, 2.24) is 0 Å². The minimum Gasteiger partial charge on any atom is -0.423 e. The molecule has 118 valence electrons. The Hall–Kier alpha value is -1.21. The second kappa shape index (κ2) is 6.50. The van der Waals surface area contributed by atoms with E-state index in [1.165, 1.54) is 19.9 Å². The first-order chi connectivity index (χ1) is 10.2. The maximum atomic E-state index is 12.6. The molecule has 7 heteroatoms. The third-order valence-electron chi connectivity index (χ3n) is 3.19. The zero-order valence-corrected chi connectivity index (χ0v) is 15.2. The largest absolute Gasteiger partial charge is 0.423 e. The summed E-state index contributed by atoms with van der Waals surface area (Å²) in [5, 5.41) is 0. The number of hydrogen-bond acceptors (Lipinski definition) is 5. The van der Waals surface area contributed by atoms with Crippen LogP contribution in [-0.2, 0) is 16.0 Å². The number of carbonyl (C=O) groups excluding carboxylic acids is 3. The summed E-state index contributed by atoms with van der Waals surface area (Å²) in [6.07, 6.45) is 2.06. The molecule has 0 spiro atoms. The van der Waals surface area contributed by atoms with Crippen molar-refractivity contribution in [2.75, 3.05) is 0 Å². The molecule has 1 aromatic rings. The molecule has 1 aliphatic rings. The van der Waals surface area contributed by atoms with E-state index >= 15 is 0 Å². The van der Waals surface area contributed by atoms with Gasteiger partial charge in [0.15, 0.2) is 17.3 Å². The molecule has 0 amide bonds. The van der Waals surface area contributed by atoms with Gasteiger partial charge < -0.3 is 9.47 Å². The normalized spacial score (nSPS) is 16.5. The number of fused-ring (bicyclic) bond motifs is 1. The van der Waals surface area contributed by atoms with Crippen LogP contribution in [-0.4, -0.2) is 21.0 Å². The number of carbonyl (C=O) groups is 3. The predicted molar refractivity (Wildman–Crippen MR) is 86.9 cm³/mol. The van der Waals surface area contributed by atoms with E-state index in [2.05, 4.69) is 31.9 Å². The van der Waals surface area contributed by atoms with E-state index in [4.69, 9.17) is 9.47 Å². The number of benzene rings is 1. The van der Waals surface area contributed by atoms with Gasteiger partial charge in [0.25, 0.3) is 0 Å². The molecule has 22 heavy (non-hydrogen) atoms. The molecule has 0 N–H and O–H groups in total. The molecule has 0 atom stereocenters. The van der Waals surface area contributed by atoms with Gasteiger partial charge in [0.05, 0.1) is 0 Å². The van der Waals surface area contributed by atoms with Crippen LogP contribution in [0.15, 0.2) is 12.1 Å². The van der Waals surface area contributed by atoms with E-state index in [0.717, 1.165) is 12.0 Å². The van der Waals surface area contributed by atoms with Crippen molar-refractivity contribution in [3.63, 3.8) is 0 Å². The Bertz CT molecular complexity index is 652. The van der Waals surface area contributed by atoms with Crippen LogP contribution in [0.3, 0.4) is 0 Å². The molecule has 0 bridgehead atoms. The predicted octanol–water partition coefficient (Wildman–Crippen LogP) is 3.54. The number of esters is 2. The fourth-order valence-electron chi connectivity index (χ4n) is 2.30. The number of Topliss-reactive ketones (excluding diaryl/α,β-unsaturated/α-hetero) is 1. The Morgan fingerprint density at radius 2 is 1.64 bits per heavy atom. The van der Waals surface area contributed by atoms with Crippen molar-refractivity contribution >= 4 is 49.6 Å². The Morgan fingerprint density at radius 1 is 1.09 bits per heavy atom. The van der Waals surface area contributed by atoms with Gasteiger partial charge in [-0.2, -0.15) is 0 Å². The summed E-state index contributed by atoms with van der Waals surface area (Å²) >= 11 is 6.77. The molecule has 0 saturated heterocycles. The quantitative estimate of drug-likeness (QED) is 0.308. The van der Waals surface area contributed by atoms with Crippen LogP contribution in [0.1, 0.15) is 42.6 Å². The van der Waals surface area contributed by atoms with E-state index in [9.17, 15) is 14.4 Å². The molecule has 0 radical (unpaired) electrons. The summed E-state index contributed by atoms with van der Waals surface area (Å²) in [7, 11) is 0. The highest BCUT2D eigenvalue weighted by Crippen LogP contribution is 2.42. The average Bonchev–Trinajstić information content (AvgIpc) is 2.48. The Balaban J connectivity index is 2.56. The van der Waals surface area contributed by atoms with Gasteiger partial charge in [-0.05, 0) is 37.0 Å². The molecule has 1 aliphatic carbocycles. The number of rotatable bonds is 2. The highest BCUT2D eigenvalue weighted by molar-refractivity contribution is 9.25. The molecule has 0 fully saturated rings. The maximum absolute atomic E-state index is 12.6. The van der Waals surface area contributed by atoms with E-state index in [1.807, 2.05) is 0 Å². The van der Waals surface area contributed by atoms with Gasteiger partial charge in [0.2, 0.25) is 0 Å². The van der Waals surface area contributed by atoms with Gasteiger partial charge in [-0.25, -0.2) is 0 Å². The first-order valence-electron chi connectivity index (χ1n) is 6.67. The molecule has 0 aliphatic heterocycles. The molecular formula is C15H14Br2O5. The third-order valence-corrected chi connectivity index (χ3v) is 4.70. The van der Waals surface area contributed by atoms with Crippen molar-refractivity contribution < 1.29 is 23.9 Å². The van der Waals surface area contributed by atoms with Gasteiger partial charge in [-0.15, -0.1) is 0 Å². The van der Waals surface area contributed by atoms with Crippen LogP contribution in [0, 0.1) is 0 Å². The number of ketones is 1. The summed E-state index contributed by atoms with van der Waals surface area (Å²) in [6, 6.07) is 3.05. The zero-order valence-electron chi connectivity index (χ0n) is 12.1. The molecule has 1 aromatic carbocycles. The van der Waals surface area contributed by atoms with E-state index < -0.39 is 15.2 Å². The molecule has 5 nitrogen and oxygen atoms in total. The van der Waals surface area contributed by atoms with Crippen molar-refractivity contribution in [1.29, 1.82) is 0 Å². The number of hydrogen-bond donors (Lipinski definition) is 0. The van der Waals surface area contributed by atoms with Crippen LogP contribution in [0.2, 0.25) is 0 Å². The van der Waals surface area contributed by atoms with Crippen molar-refractivity contribution in [3.8, 4) is 11.5 Å². The number of ether oxygens (including phenoxy) is 2. The Kier molecular flexibility index (Phi) is 5.07. The van der Waals surface area contributed by atoms with Crippen LogP contribution in [0.25, 0.3) is 0 Å². The third kappa shape index (κ3) is 3.76. The number of aryl methyl sites for hydroxylation is 1. The zero-order chi connectivity index (χ0) is 16.5. The van der Waals surface area contributed by atoms with Gasteiger partial charge in [0.1, 0.15) is 3.23 Å². The van der Waals surface area contributed by atoms with Crippen LogP contribution in [0.5, 0.6) is 11.5 Å². The van der Waals surface area contributed by atoms with Gasteiger partial charge >= 0.3 is 11.9 Å². The average molecular weight is 434 g/mol. The van der Waals surface area contributed by atoms with Crippen LogP contribution < -0.4 is 9.47 Å². The second-order valence-electron chi connectivity index (χ2n) is 5.03.